The zero-order valence-corrected chi connectivity index (χ0v) is 51.9. The molecule has 4 aliphatic rings. The van der Waals surface area contributed by atoms with E-state index >= 15 is 0 Å². The highest BCUT2D eigenvalue weighted by atomic mass is 16.2. The minimum Gasteiger partial charge on any atom is -0.343 e. The summed E-state index contributed by atoms with van der Waals surface area (Å²) in [6, 6.07) is 42.4. The van der Waals surface area contributed by atoms with Gasteiger partial charge in [-0.3, -0.25) is 28.8 Å². The van der Waals surface area contributed by atoms with Crippen LogP contribution in [0.25, 0.3) is 11.1 Å². The first-order valence-electron chi connectivity index (χ1n) is 31.2. The summed E-state index contributed by atoms with van der Waals surface area (Å²) in [5, 5.41) is 24.3. The molecule has 10 amide bonds. The first-order chi connectivity index (χ1) is 43.5. The average Bonchev–Trinajstić information content (AvgIpc) is 1.63. The Morgan fingerprint density at radius 2 is 0.778 bits per heavy atom. The van der Waals surface area contributed by atoms with Crippen molar-refractivity contribution in [2.45, 2.75) is 127 Å². The standard InChI is InChI=1S/C70H82N12O8/c1-43-39-51(27-31-55(43)75-69(89)79-37-35-53-29-33-59(81(53)67(87)57(41-79)73-63(83)45(3)71-5)65(85)77-61(47-19-11-7-12-20-47)48-21-13-8-14-22-48)52-28-32-56(44(2)40-52)76-70(90)80-38-36-54-30-34-60(82(54)68(88)58(42-80)74-64(84)46(4)72-6)66(86)78-62(49-23-15-9-16-24-49)50-25-17-10-18-26-50/h7-28,31-32,39-40,45-46,53-54,57-62,71-72H,29-30,33-38,41-42H2,1-6H3,(H,73,83)(H,74,84)(H,75,89)(H,76,90)(H,77,85)(H,78,86)/t45-,46-,53+,54+,57-,58-,59-,60?/m0/s1. The monoisotopic (exact) mass is 1220 g/mol. The number of hydrogen-bond donors (Lipinski definition) is 8. The largest absolute Gasteiger partial charge is 0.343 e. The second-order valence-electron chi connectivity index (χ2n) is 24.0. The van der Waals surface area contributed by atoms with Gasteiger partial charge in [-0.15, -0.1) is 0 Å². The highest BCUT2D eigenvalue weighted by Crippen LogP contribution is 2.35. The summed E-state index contributed by atoms with van der Waals surface area (Å²) in [4.78, 5) is 121. The van der Waals surface area contributed by atoms with Crippen LogP contribution >= 0.6 is 0 Å². The van der Waals surface area contributed by atoms with E-state index in [1.54, 1.807) is 47.5 Å². The van der Waals surface area contributed by atoms with Crippen LogP contribution in [0.3, 0.4) is 0 Å². The van der Waals surface area contributed by atoms with Crippen LogP contribution in [0.4, 0.5) is 21.0 Å². The van der Waals surface area contributed by atoms with Gasteiger partial charge in [-0.2, -0.15) is 0 Å². The molecule has 20 nitrogen and oxygen atoms in total. The van der Waals surface area contributed by atoms with Crippen molar-refractivity contribution in [2.75, 3.05) is 50.9 Å². The normalized spacial score (nSPS) is 20.8. The highest BCUT2D eigenvalue weighted by molar-refractivity contribution is 5.98. The predicted molar refractivity (Wildman–Crippen MR) is 346 cm³/mol. The Labute approximate surface area is 526 Å². The van der Waals surface area contributed by atoms with Crippen molar-refractivity contribution in [2.24, 2.45) is 0 Å². The van der Waals surface area contributed by atoms with E-state index in [0.717, 1.165) is 44.5 Å². The predicted octanol–water partition coefficient (Wildman–Crippen LogP) is 7.16. The molecule has 0 aromatic heterocycles. The van der Waals surface area contributed by atoms with Crippen LogP contribution in [0.5, 0.6) is 0 Å². The van der Waals surface area contributed by atoms with Crippen LogP contribution in [0.2, 0.25) is 0 Å². The third kappa shape index (κ3) is 14.5. The van der Waals surface area contributed by atoms with Crippen molar-refractivity contribution >= 4 is 58.9 Å². The van der Waals surface area contributed by atoms with Crippen LogP contribution in [0.15, 0.2) is 158 Å². The quantitative estimate of drug-likeness (QED) is 0.0458. The van der Waals surface area contributed by atoms with Crippen LogP contribution in [0.1, 0.15) is 97.8 Å². The second-order valence-corrected chi connectivity index (χ2v) is 24.0. The number of hydrogen-bond acceptors (Lipinski definition) is 10. The van der Waals surface area contributed by atoms with Gasteiger partial charge in [-0.25, -0.2) is 9.59 Å². The number of carbonyl (C=O) groups excluding carboxylic acids is 8. The second kappa shape index (κ2) is 28.8. The molecule has 0 radical (unpaired) electrons. The average molecular weight is 1220 g/mol. The minimum absolute atomic E-state index is 0.130. The molecule has 10 rings (SSSR count). The minimum atomic E-state index is -1.14. The van der Waals surface area contributed by atoms with Gasteiger partial charge in [-0.05, 0) is 149 Å². The first-order valence-corrected chi connectivity index (χ1v) is 31.2. The van der Waals surface area contributed by atoms with Crippen LogP contribution in [-0.4, -0.2) is 156 Å². The summed E-state index contributed by atoms with van der Waals surface area (Å²) in [5.74, 6) is -2.28. The summed E-state index contributed by atoms with van der Waals surface area (Å²) in [6.07, 6.45) is 2.75. The number of fused-ring (bicyclic) bond motifs is 2. The summed E-state index contributed by atoms with van der Waals surface area (Å²) in [5.41, 5.74) is 7.92. The van der Waals surface area contributed by atoms with Crippen molar-refractivity contribution in [3.63, 3.8) is 0 Å². The van der Waals surface area contributed by atoms with Crippen LogP contribution < -0.4 is 42.5 Å². The maximum atomic E-state index is 14.8. The Morgan fingerprint density at radius 1 is 0.444 bits per heavy atom. The van der Waals surface area contributed by atoms with E-state index in [-0.39, 0.29) is 50.1 Å². The maximum absolute atomic E-state index is 14.8. The molecule has 0 spiro atoms. The number of rotatable bonds is 17. The maximum Gasteiger partial charge on any atom is 0.321 e. The summed E-state index contributed by atoms with van der Waals surface area (Å²) in [6.45, 7) is 7.39. The van der Waals surface area contributed by atoms with Gasteiger partial charge in [0, 0.05) is 36.5 Å². The molecule has 0 saturated carbocycles. The Kier molecular flexibility index (Phi) is 20.4. The number of likely N-dealkylation sites (N-methyl/N-ethyl adjacent to an activating group) is 2. The van der Waals surface area contributed by atoms with Gasteiger partial charge in [0.15, 0.2) is 0 Å². The van der Waals surface area contributed by atoms with E-state index in [4.69, 9.17) is 0 Å². The summed E-state index contributed by atoms with van der Waals surface area (Å²) in [7, 11) is 3.29. The molecule has 1 unspecified atom stereocenters. The van der Waals surface area contributed by atoms with Crippen molar-refractivity contribution in [3.8, 4) is 11.1 Å². The summed E-state index contributed by atoms with van der Waals surface area (Å²) < 4.78 is 0. The number of anilines is 2. The van der Waals surface area contributed by atoms with Gasteiger partial charge >= 0.3 is 12.1 Å². The third-order valence-electron chi connectivity index (χ3n) is 18.2. The number of nitrogens with one attached hydrogen (secondary N) is 8. The smallest absolute Gasteiger partial charge is 0.321 e. The molecule has 4 saturated heterocycles. The third-order valence-corrected chi connectivity index (χ3v) is 18.2. The van der Waals surface area contributed by atoms with Crippen LogP contribution in [-0.2, 0) is 28.8 Å². The van der Waals surface area contributed by atoms with Crippen molar-refractivity contribution in [3.05, 3.63) is 191 Å². The fourth-order valence-electron chi connectivity index (χ4n) is 12.8. The SMILES string of the molecule is CN[C@@H](C)C(=O)N[C@H]1CN(C(=O)Nc2ccc(-c3ccc(NC(=O)N4CC[C@H]5CC[C@@H](C(=O)NC(c6ccccc6)c6ccccc6)N5C(=O)[C@@H](NC(=O)[C@H](C)NC)C4)c(C)c3)cc2C)CC[C@H]2CCC(C(=O)NC(c3ccccc3)c3ccccc3)N2C1=O. The highest BCUT2D eigenvalue weighted by Gasteiger charge is 2.48. The number of aryl methyl sites for hydroxylation is 2. The Morgan fingerprint density at radius 3 is 1.09 bits per heavy atom. The first kappa shape index (κ1) is 63.6. The van der Waals surface area contributed by atoms with Gasteiger partial charge in [0.2, 0.25) is 35.4 Å². The number of nitrogens with zero attached hydrogens (tertiary/aromatic N) is 4. The van der Waals surface area contributed by atoms with Gasteiger partial charge in [0.25, 0.3) is 0 Å². The van der Waals surface area contributed by atoms with E-state index in [1.165, 1.54) is 0 Å². The lowest BCUT2D eigenvalue weighted by molar-refractivity contribution is -0.144. The van der Waals surface area contributed by atoms with E-state index in [1.807, 2.05) is 172 Å². The zero-order chi connectivity index (χ0) is 63.6. The number of urea groups is 2. The zero-order valence-electron chi connectivity index (χ0n) is 51.9. The fourth-order valence-corrected chi connectivity index (χ4v) is 12.8. The summed E-state index contributed by atoms with van der Waals surface area (Å²) >= 11 is 0. The van der Waals surface area contributed by atoms with Gasteiger partial charge in [0.1, 0.15) is 24.2 Å². The molecular formula is C70H82N12O8. The van der Waals surface area contributed by atoms with E-state index in [9.17, 15) is 38.4 Å². The lowest BCUT2D eigenvalue weighted by atomic mass is 9.98. The topological polar surface area (TPSA) is 246 Å². The molecule has 0 aliphatic carbocycles. The van der Waals surface area contributed by atoms with Gasteiger partial charge in [0.05, 0.1) is 37.3 Å². The molecule has 6 aromatic carbocycles. The molecule has 6 aromatic rings. The molecule has 0 bridgehead atoms. The van der Waals surface area contributed by atoms with E-state index < -0.39 is 84.0 Å². The Balaban J connectivity index is 0.797. The van der Waals surface area contributed by atoms with Crippen molar-refractivity contribution in [1.82, 2.24) is 51.5 Å². The molecule has 90 heavy (non-hydrogen) atoms. The number of amides is 10. The molecule has 20 heteroatoms. The molecule has 4 fully saturated rings. The molecule has 8 atom stereocenters. The molecule has 4 heterocycles. The number of carbonyl (C=O) groups is 8. The van der Waals surface area contributed by atoms with Crippen molar-refractivity contribution in [1.29, 1.82) is 0 Å². The van der Waals surface area contributed by atoms with Gasteiger partial charge in [-0.1, -0.05) is 133 Å². The van der Waals surface area contributed by atoms with Crippen LogP contribution in [0, 0.1) is 13.8 Å². The Bertz CT molecular complexity index is 3250. The molecular weight excluding hydrogens is 1140 g/mol. The van der Waals surface area contributed by atoms with Gasteiger partial charge < -0.3 is 62.1 Å². The van der Waals surface area contributed by atoms with E-state index in [2.05, 4.69) is 42.5 Å². The fraction of sp³-hybridized carbons (Fsp3) is 0.371. The molecule has 4 aliphatic heterocycles. The lowest BCUT2D eigenvalue weighted by Crippen LogP contribution is -2.62. The number of benzene rings is 6. The van der Waals surface area contributed by atoms with E-state index in [0.29, 0.717) is 49.9 Å². The molecule has 8 N–H and O–H groups in total. The Hall–Kier alpha value is -9.40. The van der Waals surface area contributed by atoms with Crippen molar-refractivity contribution < 1.29 is 38.4 Å². The molecule has 470 valence electrons. The lowest BCUT2D eigenvalue weighted by Gasteiger charge is -2.39.